The van der Waals surface area contributed by atoms with Gasteiger partial charge in [-0.05, 0) is 36.5 Å². The molecule has 0 atom stereocenters. The van der Waals surface area contributed by atoms with Crippen molar-refractivity contribution in [2.45, 2.75) is 0 Å². The van der Waals surface area contributed by atoms with E-state index in [4.69, 9.17) is 17.0 Å². The van der Waals surface area contributed by atoms with Crippen LogP contribution in [0.3, 0.4) is 0 Å². The number of ether oxygens (including phenoxy) is 1. The summed E-state index contributed by atoms with van der Waals surface area (Å²) >= 11 is 4.88. The van der Waals surface area contributed by atoms with Crippen LogP contribution in [0.2, 0.25) is 0 Å². The van der Waals surface area contributed by atoms with Crippen molar-refractivity contribution in [3.63, 3.8) is 0 Å². The lowest BCUT2D eigenvalue weighted by atomic mass is 10.3. The third-order valence-corrected chi connectivity index (χ3v) is 3.12. The molecule has 0 spiro atoms. The number of rotatable bonds is 3. The van der Waals surface area contributed by atoms with Crippen molar-refractivity contribution in [3.8, 4) is 11.6 Å². The number of aromatic amines is 1. The molecule has 0 saturated heterocycles. The van der Waals surface area contributed by atoms with Gasteiger partial charge >= 0.3 is 0 Å². The molecule has 20 heavy (non-hydrogen) atoms. The molecule has 2 N–H and O–H groups in total. The summed E-state index contributed by atoms with van der Waals surface area (Å²) in [6.45, 7) is 0. The Morgan fingerprint density at radius 2 is 2.05 bits per heavy atom. The second kappa shape index (κ2) is 5.70. The molecule has 0 saturated carbocycles. The van der Waals surface area contributed by atoms with Gasteiger partial charge in [0, 0.05) is 13.3 Å². The van der Waals surface area contributed by atoms with Crippen LogP contribution in [0.25, 0.3) is 0 Å². The van der Waals surface area contributed by atoms with Crippen molar-refractivity contribution in [3.05, 3.63) is 45.0 Å². The van der Waals surface area contributed by atoms with Crippen LogP contribution in [0.4, 0.5) is 5.69 Å². The Bertz CT molecular complexity index is 760. The summed E-state index contributed by atoms with van der Waals surface area (Å²) in [5, 5.41) is 9.88. The average molecular weight is 291 g/mol. The Hall–Kier alpha value is -2.41. The Morgan fingerprint density at radius 3 is 2.65 bits per heavy atom. The number of methoxy groups -OCH3 is 1. The number of hydrogen-bond acceptors (Lipinski definition) is 5. The third-order valence-electron chi connectivity index (χ3n) is 2.74. The van der Waals surface area contributed by atoms with Gasteiger partial charge in [-0.3, -0.25) is 19.3 Å². The second-order valence-electron chi connectivity index (χ2n) is 4.01. The van der Waals surface area contributed by atoms with E-state index in [9.17, 15) is 9.90 Å². The fourth-order valence-corrected chi connectivity index (χ4v) is 1.73. The standard InChI is InChI=1S/C13H13N3O3S/c1-16-12(18)10(11(17)15-13(16)20)7-14-8-3-5-9(19-2)6-4-8/h3-7,18H,1-2H3,(H,15,17,20). The monoisotopic (exact) mass is 291 g/mol. The molecule has 0 aliphatic heterocycles. The van der Waals surface area contributed by atoms with Gasteiger partial charge in [0.05, 0.1) is 12.8 Å². The Kier molecular flexibility index (Phi) is 3.99. The molecule has 1 aromatic heterocycles. The Labute approximate surface area is 120 Å². The molecule has 0 aliphatic rings. The largest absolute Gasteiger partial charge is 0.497 e. The third kappa shape index (κ3) is 2.77. The van der Waals surface area contributed by atoms with Gasteiger partial charge in [0.25, 0.3) is 5.56 Å². The minimum Gasteiger partial charge on any atom is -0.497 e. The van der Waals surface area contributed by atoms with Crippen LogP contribution < -0.4 is 10.3 Å². The van der Waals surface area contributed by atoms with E-state index in [1.807, 2.05) is 0 Å². The predicted octanol–water partition coefficient (Wildman–Crippen LogP) is 1.91. The second-order valence-corrected chi connectivity index (χ2v) is 4.40. The summed E-state index contributed by atoms with van der Waals surface area (Å²) in [4.78, 5) is 18.3. The molecule has 0 bridgehead atoms. The molecule has 0 radical (unpaired) electrons. The van der Waals surface area contributed by atoms with Gasteiger partial charge in [-0.1, -0.05) is 0 Å². The molecular formula is C13H13N3O3S. The molecule has 7 heteroatoms. The van der Waals surface area contributed by atoms with E-state index in [1.54, 1.807) is 38.4 Å². The van der Waals surface area contributed by atoms with Crippen molar-refractivity contribution in [1.82, 2.24) is 9.55 Å². The van der Waals surface area contributed by atoms with Crippen molar-refractivity contribution >= 4 is 24.1 Å². The molecule has 2 rings (SSSR count). The molecule has 0 unspecified atom stereocenters. The summed E-state index contributed by atoms with van der Waals surface area (Å²) in [5.41, 5.74) is 0.203. The first kappa shape index (κ1) is 14.0. The lowest BCUT2D eigenvalue weighted by Gasteiger charge is -2.04. The minimum absolute atomic E-state index is 0.0527. The van der Waals surface area contributed by atoms with Crippen LogP contribution in [-0.2, 0) is 7.05 Å². The minimum atomic E-state index is -0.483. The number of nitrogens with one attached hydrogen (secondary N) is 1. The first-order valence-electron chi connectivity index (χ1n) is 5.73. The van der Waals surface area contributed by atoms with Crippen LogP contribution in [0.5, 0.6) is 11.6 Å². The molecular weight excluding hydrogens is 278 g/mol. The van der Waals surface area contributed by atoms with Gasteiger partial charge < -0.3 is 9.84 Å². The Morgan fingerprint density at radius 1 is 1.40 bits per heavy atom. The van der Waals surface area contributed by atoms with E-state index in [0.717, 1.165) is 0 Å². The molecule has 104 valence electrons. The van der Waals surface area contributed by atoms with Crippen molar-refractivity contribution in [2.24, 2.45) is 12.0 Å². The summed E-state index contributed by atoms with van der Waals surface area (Å²) in [7, 11) is 3.13. The number of hydrogen-bond donors (Lipinski definition) is 2. The molecule has 0 fully saturated rings. The number of nitrogens with zero attached hydrogens (tertiary/aromatic N) is 2. The first-order chi connectivity index (χ1) is 9.52. The summed E-state index contributed by atoms with van der Waals surface area (Å²) in [6.07, 6.45) is 1.30. The van der Waals surface area contributed by atoms with Gasteiger partial charge in [-0.2, -0.15) is 0 Å². The van der Waals surface area contributed by atoms with Crippen molar-refractivity contribution in [1.29, 1.82) is 0 Å². The maximum Gasteiger partial charge on any atom is 0.264 e. The average Bonchev–Trinajstić information content (AvgIpc) is 2.45. The van der Waals surface area contributed by atoms with Crippen LogP contribution >= 0.6 is 12.2 Å². The van der Waals surface area contributed by atoms with Crippen LogP contribution in [0.1, 0.15) is 5.56 Å². The SMILES string of the molecule is COc1ccc(N=Cc2c(O)n(C)c(=S)[nH]c2=O)cc1. The summed E-state index contributed by atoms with van der Waals surface area (Å²) < 4.78 is 6.48. The van der Waals surface area contributed by atoms with Gasteiger partial charge in [0.2, 0.25) is 5.88 Å². The van der Waals surface area contributed by atoms with Crippen LogP contribution in [0, 0.1) is 4.77 Å². The fraction of sp³-hybridized carbons (Fsp3) is 0.154. The van der Waals surface area contributed by atoms with E-state index in [-0.39, 0.29) is 16.2 Å². The molecule has 0 amide bonds. The molecule has 1 aromatic carbocycles. The highest BCUT2D eigenvalue weighted by atomic mass is 32.1. The fourth-order valence-electron chi connectivity index (χ4n) is 1.55. The maximum absolute atomic E-state index is 11.7. The number of aliphatic imine (C=N–C) groups is 1. The highest BCUT2D eigenvalue weighted by molar-refractivity contribution is 7.71. The Balaban J connectivity index is 2.38. The molecule has 2 aromatic rings. The highest BCUT2D eigenvalue weighted by Crippen LogP contribution is 2.18. The zero-order valence-corrected chi connectivity index (χ0v) is 11.8. The lowest BCUT2D eigenvalue weighted by molar-refractivity contribution is 0.415. The van der Waals surface area contributed by atoms with E-state index in [0.29, 0.717) is 11.4 Å². The normalized spacial score (nSPS) is 10.9. The topological polar surface area (TPSA) is 79.6 Å². The van der Waals surface area contributed by atoms with Gasteiger partial charge in [-0.15, -0.1) is 0 Å². The van der Waals surface area contributed by atoms with Gasteiger partial charge in [0.15, 0.2) is 4.77 Å². The zero-order chi connectivity index (χ0) is 14.7. The van der Waals surface area contributed by atoms with Gasteiger partial charge in [0.1, 0.15) is 11.3 Å². The highest BCUT2D eigenvalue weighted by Gasteiger charge is 2.07. The van der Waals surface area contributed by atoms with Crippen LogP contribution in [-0.4, -0.2) is 28.0 Å². The smallest absolute Gasteiger partial charge is 0.264 e. The molecule has 0 aliphatic carbocycles. The van der Waals surface area contributed by atoms with E-state index in [1.165, 1.54) is 10.8 Å². The number of H-pyrrole nitrogens is 1. The zero-order valence-electron chi connectivity index (χ0n) is 11.0. The quantitative estimate of drug-likeness (QED) is 0.668. The maximum atomic E-state index is 11.7. The van der Waals surface area contributed by atoms with Gasteiger partial charge in [-0.25, -0.2) is 0 Å². The van der Waals surface area contributed by atoms with Crippen molar-refractivity contribution < 1.29 is 9.84 Å². The summed E-state index contributed by atoms with van der Waals surface area (Å²) in [6, 6.07) is 6.98. The lowest BCUT2D eigenvalue weighted by Crippen LogP contribution is -2.17. The molecule has 6 nitrogen and oxygen atoms in total. The van der Waals surface area contributed by atoms with Crippen molar-refractivity contribution in [2.75, 3.05) is 7.11 Å². The number of benzene rings is 1. The van der Waals surface area contributed by atoms with E-state index >= 15 is 0 Å². The van der Waals surface area contributed by atoms with Crippen LogP contribution in [0.15, 0.2) is 34.1 Å². The first-order valence-corrected chi connectivity index (χ1v) is 6.14. The van der Waals surface area contributed by atoms with E-state index in [2.05, 4.69) is 9.98 Å². The number of aromatic nitrogens is 2. The molecule has 1 heterocycles. The predicted molar refractivity (Wildman–Crippen MR) is 78.8 cm³/mol. The summed E-state index contributed by atoms with van der Waals surface area (Å²) in [5.74, 6) is 0.488. The number of aromatic hydroxyl groups is 1. The van der Waals surface area contributed by atoms with E-state index < -0.39 is 5.56 Å².